The highest BCUT2D eigenvalue weighted by atomic mass is 16.5. The van der Waals surface area contributed by atoms with Crippen LogP contribution in [0.25, 0.3) is 0 Å². The number of hydrogen-bond donors (Lipinski definition) is 2. The molecule has 0 aliphatic rings. The minimum Gasteiger partial charge on any atom is -0.480 e. The molecule has 0 bridgehead atoms. The average molecular weight is 682 g/mol. The lowest BCUT2D eigenvalue weighted by atomic mass is 10.0. The molecule has 0 aromatic heterocycles. The molecule has 2 N–H and O–H groups in total. The molecule has 278 valence electrons. The summed E-state index contributed by atoms with van der Waals surface area (Å²) in [6.07, 6.45) is 50.3. The number of aliphatic carboxylic acids is 1. The molecule has 1 amide bonds. The van der Waals surface area contributed by atoms with Gasteiger partial charge in [0.05, 0.1) is 0 Å². The highest BCUT2D eigenvalue weighted by Gasteiger charge is 2.11. The molecule has 0 aromatic carbocycles. The zero-order valence-corrected chi connectivity index (χ0v) is 31.3. The van der Waals surface area contributed by atoms with Crippen LogP contribution in [0.4, 0.5) is 0 Å². The first-order chi connectivity index (χ1) is 24.0. The van der Waals surface area contributed by atoms with E-state index in [0.717, 1.165) is 96.3 Å². The van der Waals surface area contributed by atoms with Gasteiger partial charge in [0.1, 0.15) is 12.6 Å². The number of rotatable bonds is 34. The van der Waals surface area contributed by atoms with Gasteiger partial charge in [-0.2, -0.15) is 0 Å². The van der Waals surface area contributed by atoms with Gasteiger partial charge in [-0.15, -0.1) is 0 Å². The van der Waals surface area contributed by atoms with Gasteiger partial charge in [0.25, 0.3) is 0 Å². The van der Waals surface area contributed by atoms with E-state index < -0.39 is 5.97 Å². The first kappa shape index (κ1) is 45.9. The van der Waals surface area contributed by atoms with E-state index in [1.165, 1.54) is 44.9 Å². The van der Waals surface area contributed by atoms with E-state index >= 15 is 0 Å². The fourth-order valence-corrected chi connectivity index (χ4v) is 5.22. The number of carboxylic acid groups (broad SMARTS) is 1. The predicted molar refractivity (Wildman–Crippen MR) is 208 cm³/mol. The SMILES string of the molecule is CC/C=C\C/C=C\C/C=C\C/C=C\C/C=C\CCCC(=O)OC(/C=C\CCCCCCCCC)CCCCCCCCC(=O)NCC(=O)O. The van der Waals surface area contributed by atoms with Crippen molar-refractivity contribution in [2.45, 2.75) is 174 Å². The molecular weight excluding hydrogens is 610 g/mol. The number of carbonyl (C=O) groups is 3. The summed E-state index contributed by atoms with van der Waals surface area (Å²) in [5.41, 5.74) is 0. The lowest BCUT2D eigenvalue weighted by Crippen LogP contribution is -2.28. The third-order valence-corrected chi connectivity index (χ3v) is 8.10. The lowest BCUT2D eigenvalue weighted by molar-refractivity contribution is -0.147. The summed E-state index contributed by atoms with van der Waals surface area (Å²) < 4.78 is 5.90. The zero-order valence-electron chi connectivity index (χ0n) is 31.3. The molecule has 6 heteroatoms. The van der Waals surface area contributed by atoms with E-state index in [0.29, 0.717) is 12.8 Å². The second kappa shape index (κ2) is 37.7. The van der Waals surface area contributed by atoms with Crippen LogP contribution in [0.2, 0.25) is 0 Å². The minimum atomic E-state index is -1.02. The third-order valence-electron chi connectivity index (χ3n) is 8.10. The Kier molecular flexibility index (Phi) is 35.2. The summed E-state index contributed by atoms with van der Waals surface area (Å²) in [7, 11) is 0. The van der Waals surface area contributed by atoms with Crippen molar-refractivity contribution in [3.8, 4) is 0 Å². The Balaban J connectivity index is 4.31. The largest absolute Gasteiger partial charge is 0.480 e. The molecule has 0 aliphatic carbocycles. The van der Waals surface area contributed by atoms with Crippen molar-refractivity contribution in [3.63, 3.8) is 0 Å². The van der Waals surface area contributed by atoms with Gasteiger partial charge in [0.2, 0.25) is 5.91 Å². The van der Waals surface area contributed by atoms with Crippen molar-refractivity contribution in [2.24, 2.45) is 0 Å². The first-order valence-electron chi connectivity index (χ1n) is 19.6. The summed E-state index contributed by atoms with van der Waals surface area (Å²) in [6, 6.07) is 0. The highest BCUT2D eigenvalue weighted by molar-refractivity contribution is 5.80. The van der Waals surface area contributed by atoms with Crippen molar-refractivity contribution in [3.05, 3.63) is 72.9 Å². The quantitative estimate of drug-likeness (QED) is 0.0400. The highest BCUT2D eigenvalue weighted by Crippen LogP contribution is 2.15. The summed E-state index contributed by atoms with van der Waals surface area (Å²) >= 11 is 0. The fourth-order valence-electron chi connectivity index (χ4n) is 5.22. The molecule has 0 rings (SSSR count). The molecule has 0 heterocycles. The molecule has 0 fully saturated rings. The maximum Gasteiger partial charge on any atom is 0.322 e. The molecule has 0 saturated heterocycles. The molecule has 1 unspecified atom stereocenters. The Morgan fingerprint density at radius 2 is 1.08 bits per heavy atom. The second-order valence-corrected chi connectivity index (χ2v) is 12.8. The maximum absolute atomic E-state index is 12.7. The van der Waals surface area contributed by atoms with E-state index in [1.54, 1.807) is 0 Å². The molecule has 0 aromatic rings. The predicted octanol–water partition coefficient (Wildman–Crippen LogP) is 11.8. The number of amides is 1. The average Bonchev–Trinajstić information content (AvgIpc) is 3.08. The molecule has 0 saturated carbocycles. The van der Waals surface area contributed by atoms with Gasteiger partial charge < -0.3 is 15.2 Å². The van der Waals surface area contributed by atoms with Crippen molar-refractivity contribution >= 4 is 17.8 Å². The lowest BCUT2D eigenvalue weighted by Gasteiger charge is -2.14. The van der Waals surface area contributed by atoms with Crippen molar-refractivity contribution in [1.82, 2.24) is 5.32 Å². The van der Waals surface area contributed by atoms with E-state index in [1.807, 2.05) is 0 Å². The molecule has 0 aliphatic heterocycles. The fraction of sp³-hybridized carbons (Fsp3) is 0.651. The van der Waals surface area contributed by atoms with Crippen molar-refractivity contribution in [1.29, 1.82) is 0 Å². The van der Waals surface area contributed by atoms with Crippen LogP contribution in [-0.4, -0.2) is 35.6 Å². The van der Waals surface area contributed by atoms with Crippen LogP contribution in [0.15, 0.2) is 72.9 Å². The topological polar surface area (TPSA) is 92.7 Å². The van der Waals surface area contributed by atoms with Crippen LogP contribution in [0.5, 0.6) is 0 Å². The number of esters is 1. The molecule has 0 radical (unpaired) electrons. The van der Waals surface area contributed by atoms with Crippen LogP contribution in [-0.2, 0) is 19.1 Å². The second-order valence-electron chi connectivity index (χ2n) is 12.8. The number of allylic oxidation sites excluding steroid dienone is 11. The number of carbonyl (C=O) groups excluding carboxylic acids is 2. The number of carboxylic acids is 1. The van der Waals surface area contributed by atoms with Gasteiger partial charge in [0.15, 0.2) is 0 Å². The number of hydrogen-bond acceptors (Lipinski definition) is 4. The summed E-state index contributed by atoms with van der Waals surface area (Å²) in [4.78, 5) is 34.8. The first-order valence-corrected chi connectivity index (χ1v) is 19.6. The van der Waals surface area contributed by atoms with Gasteiger partial charge in [-0.3, -0.25) is 14.4 Å². The number of unbranched alkanes of at least 4 members (excludes halogenated alkanes) is 13. The van der Waals surface area contributed by atoms with Crippen LogP contribution in [0.3, 0.4) is 0 Å². The minimum absolute atomic E-state index is 0.112. The monoisotopic (exact) mass is 682 g/mol. The van der Waals surface area contributed by atoms with Gasteiger partial charge >= 0.3 is 11.9 Å². The van der Waals surface area contributed by atoms with Crippen LogP contribution in [0.1, 0.15) is 168 Å². The molecule has 6 nitrogen and oxygen atoms in total. The van der Waals surface area contributed by atoms with Gasteiger partial charge in [-0.1, -0.05) is 145 Å². The Morgan fingerprint density at radius 1 is 0.571 bits per heavy atom. The standard InChI is InChI=1S/C43H71NO5/c1-3-5-7-9-11-13-14-15-16-17-18-19-20-22-24-30-34-38-43(48)49-40(35-31-27-23-21-12-10-8-6-4-2)36-32-28-25-26-29-33-37-41(45)44-39-42(46)47/h5,7,11,13,15-16,18-19,22,24,31,35,40H,3-4,6,8-10,12,14,17,20-21,23,25-30,32-34,36-39H2,1-2H3,(H,44,45)(H,46,47)/b7-5-,13-11-,16-15-,19-18-,24-22-,35-31-. The van der Waals surface area contributed by atoms with Crippen LogP contribution >= 0.6 is 0 Å². The molecule has 1 atom stereocenters. The van der Waals surface area contributed by atoms with Crippen molar-refractivity contribution < 1.29 is 24.2 Å². The Bertz CT molecular complexity index is 975. The van der Waals surface area contributed by atoms with Gasteiger partial charge in [-0.05, 0) is 83.1 Å². The third kappa shape index (κ3) is 37.5. The Labute approximate surface area is 300 Å². The van der Waals surface area contributed by atoms with Crippen LogP contribution < -0.4 is 5.32 Å². The Morgan fingerprint density at radius 3 is 1.67 bits per heavy atom. The number of ether oxygens (including phenoxy) is 1. The number of nitrogens with one attached hydrogen (secondary N) is 1. The van der Waals surface area contributed by atoms with E-state index in [9.17, 15) is 14.4 Å². The molecule has 0 spiro atoms. The zero-order chi connectivity index (χ0) is 35.9. The molecular formula is C43H71NO5. The Hall–Kier alpha value is -3.15. The smallest absolute Gasteiger partial charge is 0.322 e. The van der Waals surface area contributed by atoms with E-state index in [-0.39, 0.29) is 24.5 Å². The summed E-state index contributed by atoms with van der Waals surface area (Å²) in [5, 5.41) is 11.0. The van der Waals surface area contributed by atoms with Gasteiger partial charge in [-0.25, -0.2) is 0 Å². The van der Waals surface area contributed by atoms with E-state index in [2.05, 4.69) is 92.1 Å². The van der Waals surface area contributed by atoms with E-state index in [4.69, 9.17) is 9.84 Å². The molecule has 49 heavy (non-hydrogen) atoms. The van der Waals surface area contributed by atoms with Gasteiger partial charge in [0, 0.05) is 12.8 Å². The van der Waals surface area contributed by atoms with Crippen LogP contribution in [0, 0.1) is 0 Å². The normalized spacial score (nSPS) is 12.9. The van der Waals surface area contributed by atoms with Crippen molar-refractivity contribution in [2.75, 3.05) is 6.54 Å². The summed E-state index contributed by atoms with van der Waals surface area (Å²) in [5.74, 6) is -1.33. The summed E-state index contributed by atoms with van der Waals surface area (Å²) in [6.45, 7) is 4.08. The maximum atomic E-state index is 12.7.